The predicted molar refractivity (Wildman–Crippen MR) is 87.0 cm³/mol. The van der Waals surface area contributed by atoms with Crippen LogP contribution in [0.4, 0.5) is 5.82 Å². The molecule has 23 heavy (non-hydrogen) atoms. The molecule has 1 aliphatic rings. The lowest BCUT2D eigenvalue weighted by atomic mass is 10.1. The van der Waals surface area contributed by atoms with E-state index < -0.39 is 0 Å². The fourth-order valence-corrected chi connectivity index (χ4v) is 3.20. The van der Waals surface area contributed by atoms with Gasteiger partial charge in [-0.3, -0.25) is 9.58 Å². The van der Waals surface area contributed by atoms with Gasteiger partial charge in [0.25, 0.3) is 0 Å². The minimum atomic E-state index is 0.442. The normalized spacial score (nSPS) is 19.6. The molecule has 0 radical (unpaired) electrons. The Hall–Kier alpha value is -2.48. The summed E-state index contributed by atoms with van der Waals surface area (Å²) in [5, 5.41) is 4.25. The summed E-state index contributed by atoms with van der Waals surface area (Å²) in [5.74, 6) is 0.945. The number of H-pyrrole nitrogens is 1. The quantitative estimate of drug-likeness (QED) is 0.770. The second-order valence-electron chi connectivity index (χ2n) is 6.09. The maximum Gasteiger partial charge on any atom is 0.182 e. The summed E-state index contributed by atoms with van der Waals surface area (Å²) in [4.78, 5) is 20.8. The lowest BCUT2D eigenvalue weighted by molar-refractivity contribution is 0.180. The van der Waals surface area contributed by atoms with Gasteiger partial charge in [0.05, 0.1) is 12.5 Å². The monoisotopic (exact) mass is 312 g/mol. The Kier molecular flexibility index (Phi) is 3.45. The van der Waals surface area contributed by atoms with Gasteiger partial charge in [0.15, 0.2) is 11.5 Å². The fourth-order valence-electron chi connectivity index (χ4n) is 3.20. The van der Waals surface area contributed by atoms with E-state index in [1.165, 1.54) is 5.56 Å². The molecule has 0 saturated carbocycles. The summed E-state index contributed by atoms with van der Waals surface area (Å²) in [6.45, 7) is 6.07. The minimum Gasteiger partial charge on any atom is -0.352 e. The molecule has 1 atom stereocenters. The van der Waals surface area contributed by atoms with Crippen molar-refractivity contribution in [1.82, 2.24) is 34.6 Å². The van der Waals surface area contributed by atoms with Gasteiger partial charge in [0, 0.05) is 51.0 Å². The highest BCUT2D eigenvalue weighted by Crippen LogP contribution is 2.23. The van der Waals surface area contributed by atoms with Crippen LogP contribution in [0, 0.1) is 0 Å². The molecular formula is C15H20N8. The van der Waals surface area contributed by atoms with E-state index in [1.54, 1.807) is 12.7 Å². The number of imidazole rings is 1. The lowest BCUT2D eigenvalue weighted by Gasteiger charge is -2.40. The average Bonchev–Trinajstić information content (AvgIpc) is 3.17. The molecule has 0 bridgehead atoms. The average molecular weight is 312 g/mol. The number of nitrogens with zero attached hydrogens (tertiary/aromatic N) is 7. The summed E-state index contributed by atoms with van der Waals surface area (Å²) in [6, 6.07) is 0.442. The Morgan fingerprint density at radius 1 is 1.26 bits per heavy atom. The zero-order valence-electron chi connectivity index (χ0n) is 13.3. The molecule has 0 amide bonds. The Morgan fingerprint density at radius 2 is 2.17 bits per heavy atom. The van der Waals surface area contributed by atoms with Gasteiger partial charge in [-0.15, -0.1) is 0 Å². The molecule has 1 unspecified atom stereocenters. The summed E-state index contributed by atoms with van der Waals surface area (Å²) in [7, 11) is 1.95. The third kappa shape index (κ3) is 2.65. The first kappa shape index (κ1) is 14.1. The molecule has 8 nitrogen and oxygen atoms in total. The Bertz CT molecular complexity index is 807. The second kappa shape index (κ2) is 5.62. The van der Waals surface area contributed by atoms with E-state index in [-0.39, 0.29) is 0 Å². The molecule has 4 rings (SSSR count). The largest absolute Gasteiger partial charge is 0.352 e. The highest BCUT2D eigenvalue weighted by Gasteiger charge is 2.26. The van der Waals surface area contributed by atoms with Crippen LogP contribution in [0.2, 0.25) is 0 Å². The van der Waals surface area contributed by atoms with Crippen LogP contribution in [-0.4, -0.2) is 60.3 Å². The van der Waals surface area contributed by atoms with E-state index in [0.29, 0.717) is 6.04 Å². The number of aromatic nitrogens is 6. The molecule has 0 aromatic carbocycles. The van der Waals surface area contributed by atoms with Crippen LogP contribution in [-0.2, 0) is 13.6 Å². The van der Waals surface area contributed by atoms with Gasteiger partial charge in [-0.1, -0.05) is 0 Å². The SMILES string of the molecule is CC1CN(c2ncnc3nc[nH]c23)CCN1Cc1cnn(C)c1. The number of fused-ring (bicyclic) bond motifs is 1. The van der Waals surface area contributed by atoms with Gasteiger partial charge in [-0.05, 0) is 6.92 Å². The first-order valence-corrected chi connectivity index (χ1v) is 7.81. The van der Waals surface area contributed by atoms with Crippen molar-refractivity contribution >= 4 is 17.0 Å². The third-order valence-corrected chi connectivity index (χ3v) is 4.41. The topological polar surface area (TPSA) is 78.8 Å². The van der Waals surface area contributed by atoms with Crippen molar-refractivity contribution in [3.63, 3.8) is 0 Å². The number of anilines is 1. The number of rotatable bonds is 3. The zero-order valence-corrected chi connectivity index (χ0v) is 13.3. The van der Waals surface area contributed by atoms with E-state index >= 15 is 0 Å². The molecule has 0 aliphatic carbocycles. The van der Waals surface area contributed by atoms with Crippen molar-refractivity contribution < 1.29 is 0 Å². The number of hydrogen-bond acceptors (Lipinski definition) is 6. The van der Waals surface area contributed by atoms with Crippen LogP contribution in [0.5, 0.6) is 0 Å². The van der Waals surface area contributed by atoms with E-state index in [1.807, 2.05) is 17.9 Å². The van der Waals surface area contributed by atoms with Gasteiger partial charge in [-0.25, -0.2) is 15.0 Å². The fraction of sp³-hybridized carbons (Fsp3) is 0.467. The maximum atomic E-state index is 4.46. The van der Waals surface area contributed by atoms with Crippen LogP contribution < -0.4 is 4.90 Å². The Balaban J connectivity index is 1.49. The van der Waals surface area contributed by atoms with Crippen molar-refractivity contribution in [3.8, 4) is 0 Å². The summed E-state index contributed by atoms with van der Waals surface area (Å²) in [6.07, 6.45) is 7.28. The molecule has 120 valence electrons. The number of piperazine rings is 1. The highest BCUT2D eigenvalue weighted by atomic mass is 15.3. The maximum absolute atomic E-state index is 4.46. The highest BCUT2D eigenvalue weighted by molar-refractivity contribution is 5.82. The van der Waals surface area contributed by atoms with Gasteiger partial charge < -0.3 is 9.88 Å². The Morgan fingerprint density at radius 3 is 2.96 bits per heavy atom. The van der Waals surface area contributed by atoms with Gasteiger partial charge in [0.1, 0.15) is 11.8 Å². The number of hydrogen-bond donors (Lipinski definition) is 1. The van der Waals surface area contributed by atoms with Gasteiger partial charge >= 0.3 is 0 Å². The Labute approximate surface area is 134 Å². The van der Waals surface area contributed by atoms with Crippen LogP contribution in [0.3, 0.4) is 0 Å². The van der Waals surface area contributed by atoms with Crippen LogP contribution >= 0.6 is 0 Å². The van der Waals surface area contributed by atoms with Crippen LogP contribution in [0.1, 0.15) is 12.5 Å². The lowest BCUT2D eigenvalue weighted by Crippen LogP contribution is -2.51. The number of aromatic amines is 1. The van der Waals surface area contributed by atoms with E-state index in [2.05, 4.69) is 48.0 Å². The molecule has 1 saturated heterocycles. The molecule has 3 aromatic heterocycles. The first-order valence-electron chi connectivity index (χ1n) is 7.81. The van der Waals surface area contributed by atoms with E-state index in [0.717, 1.165) is 43.2 Å². The summed E-state index contributed by atoms with van der Waals surface area (Å²) >= 11 is 0. The van der Waals surface area contributed by atoms with Crippen LogP contribution in [0.15, 0.2) is 25.0 Å². The molecule has 0 spiro atoms. The number of aryl methyl sites for hydroxylation is 1. The van der Waals surface area contributed by atoms with Crippen molar-refractivity contribution in [2.24, 2.45) is 7.05 Å². The van der Waals surface area contributed by atoms with Gasteiger partial charge in [-0.2, -0.15) is 5.10 Å². The molecule has 1 fully saturated rings. The van der Waals surface area contributed by atoms with Crippen molar-refractivity contribution in [2.45, 2.75) is 19.5 Å². The summed E-state index contributed by atoms with van der Waals surface area (Å²) < 4.78 is 1.85. The molecule has 1 aliphatic heterocycles. The first-order chi connectivity index (χ1) is 11.2. The molecule has 4 heterocycles. The van der Waals surface area contributed by atoms with Crippen molar-refractivity contribution in [3.05, 3.63) is 30.6 Å². The predicted octanol–water partition coefficient (Wildman–Crippen LogP) is 0.797. The van der Waals surface area contributed by atoms with E-state index in [9.17, 15) is 0 Å². The van der Waals surface area contributed by atoms with E-state index in [4.69, 9.17) is 0 Å². The second-order valence-corrected chi connectivity index (χ2v) is 6.09. The smallest absolute Gasteiger partial charge is 0.182 e. The third-order valence-electron chi connectivity index (χ3n) is 4.41. The standard InChI is InChI=1S/C15H20N8/c1-11-6-23(15-13-14(17-9-16-13)18-10-19-15)4-3-22(11)8-12-5-20-21(2)7-12/h5,7,9-11H,3-4,6,8H2,1-2H3,(H,16,17,18,19). The van der Waals surface area contributed by atoms with Crippen LogP contribution in [0.25, 0.3) is 11.2 Å². The summed E-state index contributed by atoms with van der Waals surface area (Å²) in [5.41, 5.74) is 2.90. The van der Waals surface area contributed by atoms with Gasteiger partial charge in [0.2, 0.25) is 0 Å². The molecule has 1 N–H and O–H groups in total. The molecular weight excluding hydrogens is 292 g/mol. The minimum absolute atomic E-state index is 0.442. The number of nitrogens with one attached hydrogen (secondary N) is 1. The molecule has 8 heteroatoms. The zero-order chi connectivity index (χ0) is 15.8. The van der Waals surface area contributed by atoms with Crippen molar-refractivity contribution in [2.75, 3.05) is 24.5 Å². The van der Waals surface area contributed by atoms with Crippen molar-refractivity contribution in [1.29, 1.82) is 0 Å². The molecule has 3 aromatic rings.